The number of rotatable bonds is 8. The van der Waals surface area contributed by atoms with E-state index in [4.69, 9.17) is 21.1 Å². The summed E-state index contributed by atoms with van der Waals surface area (Å²) in [4.78, 5) is 25.1. The molecule has 0 saturated heterocycles. The quantitative estimate of drug-likeness (QED) is 0.527. The van der Waals surface area contributed by atoms with E-state index < -0.39 is 28.9 Å². The normalized spacial score (nSPS) is 25.5. The molecule has 3 saturated carbocycles. The standard InChI is InChI=1S/C25H28ClFN2O5/c1-16-3-2-4-17(11-16)33-14-22(31)28-24-7-9-25(10-8-24,21(30)13-24)29-23(32)15-34-18-5-6-19(26)20(27)12-18/h2-6,11-12,21,30H,7-10,13-15H2,1H3,(H,28,31)(H,29,32)/t21-,24?,25?/m0/s1. The van der Waals surface area contributed by atoms with Crippen molar-refractivity contribution in [2.75, 3.05) is 13.2 Å². The fourth-order valence-corrected chi connectivity index (χ4v) is 4.99. The van der Waals surface area contributed by atoms with E-state index in [0.717, 1.165) is 11.6 Å². The lowest BCUT2D eigenvalue weighted by atomic mass is 9.60. The fourth-order valence-electron chi connectivity index (χ4n) is 4.88. The van der Waals surface area contributed by atoms with E-state index >= 15 is 0 Å². The summed E-state index contributed by atoms with van der Waals surface area (Å²) >= 11 is 5.65. The van der Waals surface area contributed by atoms with E-state index in [2.05, 4.69) is 10.6 Å². The second-order valence-electron chi connectivity index (χ2n) is 9.22. The Bertz CT molecular complexity index is 1070. The number of hydrogen-bond acceptors (Lipinski definition) is 5. The van der Waals surface area contributed by atoms with Crippen LogP contribution in [-0.4, -0.2) is 47.3 Å². The molecule has 0 radical (unpaired) electrons. The van der Waals surface area contributed by atoms with Gasteiger partial charge >= 0.3 is 0 Å². The Morgan fingerprint density at radius 1 is 1.03 bits per heavy atom. The zero-order valence-corrected chi connectivity index (χ0v) is 19.7. The highest BCUT2D eigenvalue weighted by atomic mass is 35.5. The molecule has 0 aliphatic heterocycles. The number of aliphatic hydroxyl groups excluding tert-OH is 1. The van der Waals surface area contributed by atoms with E-state index in [1.165, 1.54) is 12.1 Å². The molecule has 2 bridgehead atoms. The summed E-state index contributed by atoms with van der Waals surface area (Å²) < 4.78 is 24.5. The van der Waals surface area contributed by atoms with Crippen LogP contribution in [-0.2, 0) is 9.59 Å². The highest BCUT2D eigenvalue weighted by molar-refractivity contribution is 6.30. The lowest BCUT2D eigenvalue weighted by Crippen LogP contribution is -2.70. The second kappa shape index (κ2) is 9.80. The predicted molar refractivity (Wildman–Crippen MR) is 124 cm³/mol. The van der Waals surface area contributed by atoms with Crippen molar-refractivity contribution in [1.29, 1.82) is 0 Å². The van der Waals surface area contributed by atoms with Crippen LogP contribution in [0, 0.1) is 12.7 Å². The van der Waals surface area contributed by atoms with Crippen LogP contribution in [0.2, 0.25) is 5.02 Å². The number of halogens is 2. The van der Waals surface area contributed by atoms with Crippen LogP contribution < -0.4 is 20.1 Å². The molecule has 3 aliphatic rings. The van der Waals surface area contributed by atoms with Gasteiger partial charge in [-0.2, -0.15) is 0 Å². The number of amides is 2. The Labute approximate surface area is 202 Å². The minimum Gasteiger partial charge on any atom is -0.484 e. The predicted octanol–water partition coefficient (Wildman–Crippen LogP) is 3.29. The molecule has 1 atom stereocenters. The van der Waals surface area contributed by atoms with Gasteiger partial charge in [-0.25, -0.2) is 4.39 Å². The van der Waals surface area contributed by atoms with Gasteiger partial charge in [-0.3, -0.25) is 9.59 Å². The van der Waals surface area contributed by atoms with E-state index in [-0.39, 0.29) is 29.9 Å². The summed E-state index contributed by atoms with van der Waals surface area (Å²) in [7, 11) is 0. The van der Waals surface area contributed by atoms with Crippen LogP contribution >= 0.6 is 11.6 Å². The van der Waals surface area contributed by atoms with Gasteiger partial charge in [-0.05, 0) is 68.9 Å². The van der Waals surface area contributed by atoms with Crippen molar-refractivity contribution in [1.82, 2.24) is 10.6 Å². The van der Waals surface area contributed by atoms with Crippen molar-refractivity contribution in [2.45, 2.75) is 56.2 Å². The van der Waals surface area contributed by atoms with Gasteiger partial charge in [0.1, 0.15) is 17.3 Å². The van der Waals surface area contributed by atoms with Gasteiger partial charge in [0.05, 0.1) is 16.7 Å². The third-order valence-corrected chi connectivity index (χ3v) is 7.04. The number of carbonyl (C=O) groups is 2. The minimum atomic E-state index is -0.815. The third kappa shape index (κ3) is 5.45. The van der Waals surface area contributed by atoms with Crippen molar-refractivity contribution >= 4 is 23.4 Å². The van der Waals surface area contributed by atoms with Crippen LogP contribution in [0.25, 0.3) is 0 Å². The van der Waals surface area contributed by atoms with Crippen LogP contribution in [0.4, 0.5) is 4.39 Å². The molecule has 182 valence electrons. The molecule has 0 heterocycles. The average molecular weight is 491 g/mol. The Morgan fingerprint density at radius 3 is 2.29 bits per heavy atom. The van der Waals surface area contributed by atoms with Gasteiger partial charge in [0.2, 0.25) is 0 Å². The van der Waals surface area contributed by atoms with E-state index in [9.17, 15) is 19.1 Å². The van der Waals surface area contributed by atoms with E-state index in [0.29, 0.717) is 37.9 Å². The number of carbonyl (C=O) groups excluding carboxylic acids is 2. The maximum atomic E-state index is 13.5. The molecular weight excluding hydrogens is 463 g/mol. The summed E-state index contributed by atoms with van der Waals surface area (Å²) in [6.07, 6.45) is 1.83. The van der Waals surface area contributed by atoms with Crippen molar-refractivity contribution < 1.29 is 28.6 Å². The summed E-state index contributed by atoms with van der Waals surface area (Å²) in [5, 5.41) is 16.8. The monoisotopic (exact) mass is 490 g/mol. The van der Waals surface area contributed by atoms with Crippen LogP contribution in [0.1, 0.15) is 37.7 Å². The average Bonchev–Trinajstić information content (AvgIpc) is 2.80. The van der Waals surface area contributed by atoms with Gasteiger partial charge in [0.25, 0.3) is 11.8 Å². The molecule has 0 aromatic heterocycles. The number of aliphatic hydroxyl groups is 1. The number of ether oxygens (including phenoxy) is 2. The highest BCUT2D eigenvalue weighted by Crippen LogP contribution is 2.47. The summed E-state index contributed by atoms with van der Waals surface area (Å²) in [6.45, 7) is 1.53. The number of benzene rings is 2. The summed E-state index contributed by atoms with van der Waals surface area (Å²) in [5.74, 6) is -0.451. The number of hydrogen-bond donors (Lipinski definition) is 3. The van der Waals surface area contributed by atoms with Crippen molar-refractivity contribution in [2.24, 2.45) is 0 Å². The van der Waals surface area contributed by atoms with Gasteiger partial charge in [0, 0.05) is 11.6 Å². The Morgan fingerprint density at radius 2 is 1.68 bits per heavy atom. The second-order valence-corrected chi connectivity index (χ2v) is 9.63. The smallest absolute Gasteiger partial charge is 0.258 e. The first-order valence-corrected chi connectivity index (χ1v) is 11.6. The maximum absolute atomic E-state index is 13.5. The summed E-state index contributed by atoms with van der Waals surface area (Å²) in [5.41, 5.74) is -0.240. The Balaban J connectivity index is 1.28. The Kier molecular flexibility index (Phi) is 7.00. The Hall–Kier alpha value is -2.84. The van der Waals surface area contributed by atoms with Gasteiger partial charge < -0.3 is 25.2 Å². The molecule has 2 amide bonds. The summed E-state index contributed by atoms with van der Waals surface area (Å²) in [6, 6.07) is 11.4. The zero-order valence-electron chi connectivity index (χ0n) is 18.9. The first-order chi connectivity index (χ1) is 16.2. The minimum absolute atomic E-state index is 0.0273. The maximum Gasteiger partial charge on any atom is 0.258 e. The van der Waals surface area contributed by atoms with Gasteiger partial charge in [0.15, 0.2) is 13.2 Å². The molecule has 3 N–H and O–H groups in total. The first-order valence-electron chi connectivity index (χ1n) is 11.3. The van der Waals surface area contributed by atoms with Gasteiger partial charge in [-0.1, -0.05) is 23.7 Å². The van der Waals surface area contributed by atoms with Crippen molar-refractivity contribution in [3.63, 3.8) is 0 Å². The fraction of sp³-hybridized carbons (Fsp3) is 0.440. The molecule has 7 nitrogen and oxygen atoms in total. The van der Waals surface area contributed by atoms with Crippen LogP contribution in [0.5, 0.6) is 11.5 Å². The largest absolute Gasteiger partial charge is 0.484 e. The number of fused-ring (bicyclic) bond motifs is 3. The molecule has 34 heavy (non-hydrogen) atoms. The molecule has 5 rings (SSSR count). The molecule has 0 unspecified atom stereocenters. The number of aryl methyl sites for hydroxylation is 1. The van der Waals surface area contributed by atoms with Crippen molar-refractivity contribution in [3.8, 4) is 11.5 Å². The highest BCUT2D eigenvalue weighted by Gasteiger charge is 2.55. The van der Waals surface area contributed by atoms with Crippen LogP contribution in [0.15, 0.2) is 42.5 Å². The molecule has 3 aliphatic carbocycles. The molecule has 2 aromatic carbocycles. The molecule has 2 aromatic rings. The van der Waals surface area contributed by atoms with Crippen molar-refractivity contribution in [3.05, 3.63) is 58.9 Å². The molecular formula is C25H28ClFN2O5. The van der Waals surface area contributed by atoms with E-state index in [1.54, 1.807) is 6.07 Å². The molecule has 9 heteroatoms. The SMILES string of the molecule is Cc1cccc(OCC(=O)NC23CCC(NC(=O)COc4ccc(Cl)c(F)c4)(CC2)[C@@H](O)C3)c1. The molecule has 3 fully saturated rings. The third-order valence-electron chi connectivity index (χ3n) is 6.73. The van der Waals surface area contributed by atoms with Crippen LogP contribution in [0.3, 0.4) is 0 Å². The van der Waals surface area contributed by atoms with Gasteiger partial charge in [-0.15, -0.1) is 0 Å². The first kappa shape index (κ1) is 24.3. The zero-order chi connectivity index (χ0) is 24.3. The van der Waals surface area contributed by atoms with E-state index in [1.807, 2.05) is 25.1 Å². The topological polar surface area (TPSA) is 96.9 Å². The lowest BCUT2D eigenvalue weighted by Gasteiger charge is -2.56. The lowest BCUT2D eigenvalue weighted by molar-refractivity contribution is -0.137. The number of nitrogens with one attached hydrogen (secondary N) is 2. The molecule has 0 spiro atoms.